The second-order valence-corrected chi connectivity index (χ2v) is 7.39. The van der Waals surface area contributed by atoms with Gasteiger partial charge in [-0.05, 0) is 41.0 Å². The van der Waals surface area contributed by atoms with E-state index in [1.54, 1.807) is 0 Å². The highest BCUT2D eigenvalue weighted by atomic mass is 16.4. The minimum atomic E-state index is -0.985. The highest BCUT2D eigenvalue weighted by Crippen LogP contribution is 2.46. The van der Waals surface area contributed by atoms with Gasteiger partial charge < -0.3 is 10.4 Å². The minimum Gasteiger partial charge on any atom is -0.480 e. The molecule has 1 atom stereocenters. The number of carbonyl (C=O) groups is 2. The van der Waals surface area contributed by atoms with Gasteiger partial charge in [0.1, 0.15) is 6.04 Å². The molecular weight excluding hydrogens is 326 g/mol. The Morgan fingerprint density at radius 3 is 2.04 bits per heavy atom. The SMILES string of the molecule is O=C(CC1CCCC1)N[C@H](C(=O)O)C1c2ccccc2-c2ccccc21. The third-order valence-electron chi connectivity index (χ3n) is 5.75. The van der Waals surface area contributed by atoms with Gasteiger partial charge in [0.15, 0.2) is 0 Å². The van der Waals surface area contributed by atoms with Crippen LogP contribution < -0.4 is 5.32 Å². The lowest BCUT2D eigenvalue weighted by Gasteiger charge is -2.24. The van der Waals surface area contributed by atoms with Crippen molar-refractivity contribution < 1.29 is 14.7 Å². The fraction of sp³-hybridized carbons (Fsp3) is 0.364. The van der Waals surface area contributed by atoms with Gasteiger partial charge in [0.25, 0.3) is 0 Å². The van der Waals surface area contributed by atoms with Gasteiger partial charge >= 0.3 is 5.97 Å². The van der Waals surface area contributed by atoms with Gasteiger partial charge in [0.05, 0.1) is 0 Å². The van der Waals surface area contributed by atoms with Crippen LogP contribution in [0.5, 0.6) is 0 Å². The lowest BCUT2D eigenvalue weighted by Crippen LogP contribution is -2.45. The second-order valence-electron chi connectivity index (χ2n) is 7.39. The molecule has 2 aromatic rings. The molecule has 4 rings (SSSR count). The predicted octanol–water partition coefficient (Wildman–Crippen LogP) is 3.95. The molecule has 0 aliphatic heterocycles. The number of nitrogens with one attached hydrogen (secondary N) is 1. The van der Waals surface area contributed by atoms with Crippen LogP contribution in [0.3, 0.4) is 0 Å². The summed E-state index contributed by atoms with van der Waals surface area (Å²) >= 11 is 0. The van der Waals surface area contributed by atoms with E-state index in [2.05, 4.69) is 5.32 Å². The predicted molar refractivity (Wildman–Crippen MR) is 99.9 cm³/mol. The van der Waals surface area contributed by atoms with E-state index in [0.29, 0.717) is 12.3 Å². The molecule has 134 valence electrons. The van der Waals surface area contributed by atoms with Crippen LogP contribution in [-0.2, 0) is 9.59 Å². The van der Waals surface area contributed by atoms with Crippen molar-refractivity contribution in [3.8, 4) is 11.1 Å². The van der Waals surface area contributed by atoms with Crippen LogP contribution in [0, 0.1) is 5.92 Å². The van der Waals surface area contributed by atoms with Gasteiger partial charge in [-0.1, -0.05) is 61.4 Å². The van der Waals surface area contributed by atoms with E-state index in [0.717, 1.165) is 35.1 Å². The molecule has 4 nitrogen and oxygen atoms in total. The maximum Gasteiger partial charge on any atom is 0.327 e. The van der Waals surface area contributed by atoms with E-state index < -0.39 is 12.0 Å². The monoisotopic (exact) mass is 349 g/mol. The standard InChI is InChI=1S/C22H23NO3/c24-19(13-14-7-1-2-8-14)23-21(22(25)26)20-17-11-5-3-9-15(17)16-10-4-6-12-18(16)20/h3-6,9-12,14,20-21H,1-2,7-8,13H2,(H,23,24)(H,25,26)/t21-/m0/s1. The number of amides is 1. The Morgan fingerprint density at radius 1 is 0.962 bits per heavy atom. The van der Waals surface area contributed by atoms with Gasteiger partial charge in [-0.15, -0.1) is 0 Å². The molecule has 0 aromatic heterocycles. The van der Waals surface area contributed by atoms with Gasteiger partial charge in [-0.25, -0.2) is 4.79 Å². The number of hydrogen-bond acceptors (Lipinski definition) is 2. The first kappa shape index (κ1) is 16.8. The van der Waals surface area contributed by atoms with Gasteiger partial charge in [-0.3, -0.25) is 4.79 Å². The highest BCUT2D eigenvalue weighted by Gasteiger charge is 2.39. The molecule has 0 heterocycles. The number of benzene rings is 2. The number of hydrogen-bond donors (Lipinski definition) is 2. The molecule has 0 unspecified atom stereocenters. The highest BCUT2D eigenvalue weighted by molar-refractivity contribution is 5.88. The quantitative estimate of drug-likeness (QED) is 0.859. The van der Waals surface area contributed by atoms with E-state index in [9.17, 15) is 14.7 Å². The van der Waals surface area contributed by atoms with Gasteiger partial charge in [-0.2, -0.15) is 0 Å². The van der Waals surface area contributed by atoms with Gasteiger partial charge in [0, 0.05) is 12.3 Å². The van der Waals surface area contributed by atoms with Crippen LogP contribution in [0.4, 0.5) is 0 Å². The Labute approximate surface area is 153 Å². The number of carboxylic acids is 1. The molecule has 0 spiro atoms. The van der Waals surface area contributed by atoms with Crippen LogP contribution in [0.15, 0.2) is 48.5 Å². The zero-order chi connectivity index (χ0) is 18.1. The molecule has 2 aliphatic rings. The van der Waals surface area contributed by atoms with E-state index in [1.807, 2.05) is 48.5 Å². The number of fused-ring (bicyclic) bond motifs is 3. The van der Waals surface area contributed by atoms with Crippen molar-refractivity contribution in [3.63, 3.8) is 0 Å². The van der Waals surface area contributed by atoms with Crippen LogP contribution in [0.2, 0.25) is 0 Å². The maximum atomic E-state index is 12.5. The summed E-state index contributed by atoms with van der Waals surface area (Å²) in [5.41, 5.74) is 4.07. The van der Waals surface area contributed by atoms with Crippen molar-refractivity contribution in [3.05, 3.63) is 59.7 Å². The summed E-state index contributed by atoms with van der Waals surface area (Å²) in [6, 6.07) is 14.8. The van der Waals surface area contributed by atoms with Crippen molar-refractivity contribution in [1.29, 1.82) is 0 Å². The van der Waals surface area contributed by atoms with E-state index in [1.165, 1.54) is 12.8 Å². The molecule has 0 saturated heterocycles. The summed E-state index contributed by atoms with van der Waals surface area (Å²) < 4.78 is 0. The van der Waals surface area contributed by atoms with Crippen molar-refractivity contribution in [2.75, 3.05) is 0 Å². The van der Waals surface area contributed by atoms with E-state index >= 15 is 0 Å². The zero-order valence-corrected chi connectivity index (χ0v) is 14.7. The summed E-state index contributed by atoms with van der Waals surface area (Å²) in [6.45, 7) is 0. The summed E-state index contributed by atoms with van der Waals surface area (Å²) in [6.07, 6.45) is 4.91. The average molecular weight is 349 g/mol. The first-order valence-corrected chi connectivity index (χ1v) is 9.35. The number of carbonyl (C=O) groups excluding carboxylic acids is 1. The van der Waals surface area contributed by atoms with Crippen molar-refractivity contribution in [2.24, 2.45) is 5.92 Å². The lowest BCUT2D eigenvalue weighted by atomic mass is 9.89. The van der Waals surface area contributed by atoms with Crippen LogP contribution in [0.1, 0.15) is 49.1 Å². The molecule has 1 amide bonds. The average Bonchev–Trinajstić information content (AvgIpc) is 3.25. The molecule has 2 aliphatic carbocycles. The fourth-order valence-corrected chi connectivity index (χ4v) is 4.55. The van der Waals surface area contributed by atoms with E-state index in [4.69, 9.17) is 0 Å². The van der Waals surface area contributed by atoms with Crippen molar-refractivity contribution in [2.45, 2.75) is 44.1 Å². The first-order chi connectivity index (χ1) is 12.6. The normalized spacial score (nSPS) is 17.5. The van der Waals surface area contributed by atoms with E-state index in [-0.39, 0.29) is 11.8 Å². The molecule has 26 heavy (non-hydrogen) atoms. The molecule has 4 heteroatoms. The van der Waals surface area contributed by atoms with Gasteiger partial charge in [0.2, 0.25) is 5.91 Å². The molecule has 0 bridgehead atoms. The Hall–Kier alpha value is -2.62. The fourth-order valence-electron chi connectivity index (χ4n) is 4.55. The molecule has 2 N–H and O–H groups in total. The molecule has 0 radical (unpaired) electrons. The third-order valence-corrected chi connectivity index (χ3v) is 5.75. The Morgan fingerprint density at radius 2 is 1.50 bits per heavy atom. The summed E-state index contributed by atoms with van der Waals surface area (Å²) in [4.78, 5) is 24.6. The maximum absolute atomic E-state index is 12.5. The van der Waals surface area contributed by atoms with Crippen LogP contribution in [0.25, 0.3) is 11.1 Å². The summed E-state index contributed by atoms with van der Waals surface area (Å²) in [7, 11) is 0. The summed E-state index contributed by atoms with van der Waals surface area (Å²) in [5, 5.41) is 12.7. The second kappa shape index (κ2) is 6.94. The number of rotatable bonds is 5. The number of aliphatic carboxylic acids is 1. The number of carboxylic acid groups (broad SMARTS) is 1. The minimum absolute atomic E-state index is 0.147. The Kier molecular flexibility index (Phi) is 4.49. The largest absolute Gasteiger partial charge is 0.480 e. The van der Waals surface area contributed by atoms with Crippen LogP contribution >= 0.6 is 0 Å². The Bertz CT molecular complexity index is 793. The summed E-state index contributed by atoms with van der Waals surface area (Å²) in [5.74, 6) is -1.09. The smallest absolute Gasteiger partial charge is 0.327 e. The Balaban J connectivity index is 1.64. The first-order valence-electron chi connectivity index (χ1n) is 9.35. The topological polar surface area (TPSA) is 66.4 Å². The van der Waals surface area contributed by atoms with Crippen LogP contribution in [-0.4, -0.2) is 23.0 Å². The van der Waals surface area contributed by atoms with Crippen molar-refractivity contribution >= 4 is 11.9 Å². The molecule has 1 saturated carbocycles. The lowest BCUT2D eigenvalue weighted by molar-refractivity contribution is -0.142. The molecule has 1 fully saturated rings. The molecular formula is C22H23NO3. The van der Waals surface area contributed by atoms with Crippen molar-refractivity contribution in [1.82, 2.24) is 5.32 Å². The zero-order valence-electron chi connectivity index (χ0n) is 14.7. The third kappa shape index (κ3) is 3.00. The molecule has 2 aromatic carbocycles.